The van der Waals surface area contributed by atoms with Crippen molar-refractivity contribution in [2.75, 3.05) is 6.61 Å². The lowest BCUT2D eigenvalue weighted by atomic mass is 9.68. The molecule has 5 atom stereocenters. The molecule has 1 saturated carbocycles. The van der Waals surface area contributed by atoms with Gasteiger partial charge in [-0.2, -0.15) is 0 Å². The number of aliphatic hydroxyl groups is 1. The Balaban J connectivity index is 2.18. The number of fused-ring (bicyclic) bond motifs is 1. The van der Waals surface area contributed by atoms with Crippen molar-refractivity contribution >= 4 is 5.97 Å². The molecule has 2 rings (SSSR count). The SMILES string of the molecule is C[C@@H]1[C@H](O)[C@H](C)C[C@@H]2C(=O)OC[C@H]12. The Hall–Kier alpha value is -0.570. The van der Waals surface area contributed by atoms with Crippen molar-refractivity contribution in [3.8, 4) is 0 Å². The first-order valence-electron chi connectivity index (χ1n) is 4.96. The Bertz CT molecular complexity index is 226. The van der Waals surface area contributed by atoms with E-state index in [-0.39, 0.29) is 35.7 Å². The molecule has 0 unspecified atom stereocenters. The highest BCUT2D eigenvalue weighted by Gasteiger charge is 2.47. The average molecular weight is 184 g/mol. The molecule has 1 N–H and O–H groups in total. The number of cyclic esters (lactones) is 1. The second kappa shape index (κ2) is 2.98. The van der Waals surface area contributed by atoms with Crippen LogP contribution in [0.1, 0.15) is 20.3 Å². The van der Waals surface area contributed by atoms with E-state index in [1.165, 1.54) is 0 Å². The summed E-state index contributed by atoms with van der Waals surface area (Å²) >= 11 is 0. The molecule has 3 nitrogen and oxygen atoms in total. The molecule has 1 heterocycles. The number of rotatable bonds is 0. The number of hydrogen-bond acceptors (Lipinski definition) is 3. The van der Waals surface area contributed by atoms with Gasteiger partial charge in [-0.1, -0.05) is 13.8 Å². The van der Waals surface area contributed by atoms with Crippen molar-refractivity contribution < 1.29 is 14.6 Å². The van der Waals surface area contributed by atoms with E-state index in [0.717, 1.165) is 6.42 Å². The molecule has 1 aliphatic carbocycles. The summed E-state index contributed by atoms with van der Waals surface area (Å²) in [5.74, 6) is 0.657. The second-order valence-electron chi connectivity index (χ2n) is 4.46. The predicted molar refractivity (Wildman–Crippen MR) is 46.9 cm³/mol. The van der Waals surface area contributed by atoms with Crippen molar-refractivity contribution in [2.45, 2.75) is 26.4 Å². The van der Waals surface area contributed by atoms with E-state index >= 15 is 0 Å². The first-order valence-corrected chi connectivity index (χ1v) is 4.96. The van der Waals surface area contributed by atoms with Crippen LogP contribution in [0.15, 0.2) is 0 Å². The Labute approximate surface area is 78.1 Å². The van der Waals surface area contributed by atoms with Crippen LogP contribution in [-0.2, 0) is 9.53 Å². The van der Waals surface area contributed by atoms with Crippen molar-refractivity contribution in [1.29, 1.82) is 0 Å². The summed E-state index contributed by atoms with van der Waals surface area (Å²) in [6, 6.07) is 0. The van der Waals surface area contributed by atoms with Gasteiger partial charge in [0.15, 0.2) is 0 Å². The van der Waals surface area contributed by atoms with Crippen molar-refractivity contribution in [1.82, 2.24) is 0 Å². The summed E-state index contributed by atoms with van der Waals surface area (Å²) in [5, 5.41) is 9.81. The molecule has 13 heavy (non-hydrogen) atoms. The lowest BCUT2D eigenvalue weighted by Gasteiger charge is -2.36. The highest BCUT2D eigenvalue weighted by atomic mass is 16.5. The molecule has 0 aromatic rings. The van der Waals surface area contributed by atoms with Crippen LogP contribution >= 0.6 is 0 Å². The minimum absolute atomic E-state index is 0.0494. The van der Waals surface area contributed by atoms with E-state index < -0.39 is 0 Å². The van der Waals surface area contributed by atoms with E-state index in [1.54, 1.807) is 0 Å². The van der Waals surface area contributed by atoms with Gasteiger partial charge in [0.2, 0.25) is 0 Å². The molecule has 1 aliphatic heterocycles. The molecular weight excluding hydrogens is 168 g/mol. The largest absolute Gasteiger partial charge is 0.465 e. The first-order chi connectivity index (χ1) is 6.11. The normalized spacial score (nSPS) is 50.1. The maximum atomic E-state index is 11.3. The summed E-state index contributed by atoms with van der Waals surface area (Å²) in [5.41, 5.74) is 0. The summed E-state index contributed by atoms with van der Waals surface area (Å²) < 4.78 is 5.02. The number of carbonyl (C=O) groups is 1. The molecule has 0 bridgehead atoms. The Morgan fingerprint density at radius 2 is 2.15 bits per heavy atom. The standard InChI is InChI=1S/C10H16O3/c1-5-3-7-8(4-13-10(7)12)6(2)9(5)11/h5-9,11H,3-4H2,1-2H3/t5-,6+,7+,8-,9-/m1/s1. The van der Waals surface area contributed by atoms with E-state index in [9.17, 15) is 9.90 Å². The zero-order chi connectivity index (χ0) is 9.59. The van der Waals surface area contributed by atoms with E-state index in [1.807, 2.05) is 13.8 Å². The molecular formula is C10H16O3. The smallest absolute Gasteiger partial charge is 0.309 e. The van der Waals surface area contributed by atoms with Gasteiger partial charge in [0.05, 0.1) is 18.6 Å². The average Bonchev–Trinajstić information content (AvgIpc) is 2.45. The molecule has 0 aromatic heterocycles. The number of ether oxygens (including phenoxy) is 1. The summed E-state index contributed by atoms with van der Waals surface area (Å²) in [7, 11) is 0. The number of carbonyl (C=O) groups excluding carboxylic acids is 1. The molecule has 0 amide bonds. The lowest BCUT2D eigenvalue weighted by Crippen LogP contribution is -2.41. The quantitative estimate of drug-likeness (QED) is 0.567. The van der Waals surface area contributed by atoms with Crippen LogP contribution in [0.3, 0.4) is 0 Å². The van der Waals surface area contributed by atoms with Crippen LogP contribution in [0.5, 0.6) is 0 Å². The topological polar surface area (TPSA) is 46.5 Å². The van der Waals surface area contributed by atoms with Gasteiger partial charge < -0.3 is 9.84 Å². The van der Waals surface area contributed by atoms with Crippen LogP contribution in [0, 0.1) is 23.7 Å². The predicted octanol–water partition coefficient (Wildman–Crippen LogP) is 0.812. The van der Waals surface area contributed by atoms with Crippen molar-refractivity contribution in [3.05, 3.63) is 0 Å². The van der Waals surface area contributed by atoms with Gasteiger partial charge in [-0.3, -0.25) is 4.79 Å². The molecule has 2 aliphatic rings. The Morgan fingerprint density at radius 1 is 1.46 bits per heavy atom. The summed E-state index contributed by atoms with van der Waals surface area (Å²) in [6.45, 7) is 4.53. The highest BCUT2D eigenvalue weighted by Crippen LogP contribution is 2.42. The van der Waals surface area contributed by atoms with Crippen LogP contribution in [0.25, 0.3) is 0 Å². The summed E-state index contributed by atoms with van der Waals surface area (Å²) in [6.07, 6.45) is 0.519. The van der Waals surface area contributed by atoms with E-state index in [2.05, 4.69) is 0 Å². The second-order valence-corrected chi connectivity index (χ2v) is 4.46. The van der Waals surface area contributed by atoms with E-state index in [0.29, 0.717) is 6.61 Å². The third-order valence-electron chi connectivity index (χ3n) is 3.66. The molecule has 0 aromatic carbocycles. The van der Waals surface area contributed by atoms with Gasteiger partial charge in [0.1, 0.15) is 0 Å². The summed E-state index contributed by atoms with van der Waals surface area (Å²) in [4.78, 5) is 11.3. The number of esters is 1. The maximum absolute atomic E-state index is 11.3. The van der Waals surface area contributed by atoms with Gasteiger partial charge in [0, 0.05) is 5.92 Å². The van der Waals surface area contributed by atoms with Crippen molar-refractivity contribution in [2.24, 2.45) is 23.7 Å². The Kier molecular flexibility index (Phi) is 2.06. The third-order valence-corrected chi connectivity index (χ3v) is 3.66. The van der Waals surface area contributed by atoms with Crippen LogP contribution in [0.4, 0.5) is 0 Å². The van der Waals surface area contributed by atoms with Crippen LogP contribution < -0.4 is 0 Å². The van der Waals surface area contributed by atoms with Gasteiger partial charge in [-0.15, -0.1) is 0 Å². The van der Waals surface area contributed by atoms with Crippen molar-refractivity contribution in [3.63, 3.8) is 0 Å². The maximum Gasteiger partial charge on any atom is 0.309 e. The molecule has 0 spiro atoms. The first kappa shape index (κ1) is 9.00. The minimum Gasteiger partial charge on any atom is -0.465 e. The molecule has 2 fully saturated rings. The fourth-order valence-electron chi connectivity index (χ4n) is 2.68. The molecule has 1 saturated heterocycles. The molecule has 3 heteroatoms. The number of aliphatic hydroxyl groups excluding tert-OH is 1. The van der Waals surface area contributed by atoms with Gasteiger partial charge in [-0.05, 0) is 18.3 Å². The molecule has 74 valence electrons. The third kappa shape index (κ3) is 1.26. The zero-order valence-electron chi connectivity index (χ0n) is 8.06. The van der Waals surface area contributed by atoms with Crippen LogP contribution in [-0.4, -0.2) is 23.8 Å². The van der Waals surface area contributed by atoms with Crippen LogP contribution in [0.2, 0.25) is 0 Å². The fourth-order valence-corrected chi connectivity index (χ4v) is 2.68. The lowest BCUT2D eigenvalue weighted by molar-refractivity contribution is -0.142. The van der Waals surface area contributed by atoms with Gasteiger partial charge in [-0.25, -0.2) is 0 Å². The minimum atomic E-state index is -0.268. The molecule has 0 radical (unpaired) electrons. The Morgan fingerprint density at radius 3 is 2.85 bits per heavy atom. The van der Waals surface area contributed by atoms with Gasteiger partial charge in [0.25, 0.3) is 0 Å². The number of hydrogen-bond donors (Lipinski definition) is 1. The highest BCUT2D eigenvalue weighted by molar-refractivity contribution is 5.75. The monoisotopic (exact) mass is 184 g/mol. The van der Waals surface area contributed by atoms with E-state index in [4.69, 9.17) is 4.74 Å². The zero-order valence-corrected chi connectivity index (χ0v) is 8.06. The van der Waals surface area contributed by atoms with Gasteiger partial charge >= 0.3 is 5.97 Å². The fraction of sp³-hybridized carbons (Fsp3) is 0.900.